The van der Waals surface area contributed by atoms with Crippen LogP contribution in [0, 0.1) is 0 Å². The van der Waals surface area contributed by atoms with E-state index in [0.717, 1.165) is 0 Å². The molecule has 0 atom stereocenters. The lowest BCUT2D eigenvalue weighted by Crippen LogP contribution is -2.12. The van der Waals surface area contributed by atoms with Crippen LogP contribution in [0.2, 0.25) is 0 Å². The zero-order valence-corrected chi connectivity index (χ0v) is 10.5. The van der Waals surface area contributed by atoms with Crippen LogP contribution >= 0.6 is 12.2 Å². The summed E-state index contributed by atoms with van der Waals surface area (Å²) in [5.74, 6) is 0.625. The van der Waals surface area contributed by atoms with Crippen molar-refractivity contribution in [1.82, 2.24) is 0 Å². The SMILES string of the molecule is O=C(CC(=S)Oc1ccccc1)c1ccccc1. The molecule has 0 saturated carbocycles. The van der Waals surface area contributed by atoms with Gasteiger partial charge >= 0.3 is 0 Å². The third kappa shape index (κ3) is 3.50. The zero-order valence-electron chi connectivity index (χ0n) is 9.71. The van der Waals surface area contributed by atoms with Crippen LogP contribution in [0.1, 0.15) is 16.8 Å². The van der Waals surface area contributed by atoms with Crippen molar-refractivity contribution in [2.24, 2.45) is 0 Å². The molecule has 0 aliphatic carbocycles. The lowest BCUT2D eigenvalue weighted by Gasteiger charge is -2.06. The van der Waals surface area contributed by atoms with Crippen molar-refractivity contribution in [3.8, 4) is 5.75 Å². The molecule has 90 valence electrons. The van der Waals surface area contributed by atoms with Gasteiger partial charge in [-0.3, -0.25) is 4.79 Å². The zero-order chi connectivity index (χ0) is 12.8. The first-order chi connectivity index (χ1) is 8.75. The number of benzene rings is 2. The number of carbonyl (C=O) groups is 1. The average Bonchev–Trinajstić information content (AvgIpc) is 2.40. The Morgan fingerprint density at radius 3 is 2.11 bits per heavy atom. The normalized spacial score (nSPS) is 9.78. The van der Waals surface area contributed by atoms with Crippen molar-refractivity contribution in [1.29, 1.82) is 0 Å². The minimum absolute atomic E-state index is 0.0310. The Kier molecular flexibility index (Phi) is 4.20. The van der Waals surface area contributed by atoms with Crippen LogP contribution in [0.3, 0.4) is 0 Å². The highest BCUT2D eigenvalue weighted by Crippen LogP contribution is 2.11. The van der Waals surface area contributed by atoms with Gasteiger partial charge in [0, 0.05) is 5.56 Å². The molecule has 0 aliphatic rings. The fourth-order valence-corrected chi connectivity index (χ4v) is 1.74. The van der Waals surface area contributed by atoms with Gasteiger partial charge in [0.15, 0.2) is 10.8 Å². The van der Waals surface area contributed by atoms with Crippen LogP contribution < -0.4 is 4.74 Å². The number of thiocarbonyl (C=S) groups is 1. The van der Waals surface area contributed by atoms with Crippen molar-refractivity contribution in [2.75, 3.05) is 0 Å². The number of hydrogen-bond acceptors (Lipinski definition) is 3. The summed E-state index contributed by atoms with van der Waals surface area (Å²) in [6.45, 7) is 0. The predicted molar refractivity (Wildman–Crippen MR) is 75.1 cm³/mol. The van der Waals surface area contributed by atoms with Gasteiger partial charge in [0.05, 0.1) is 6.42 Å². The van der Waals surface area contributed by atoms with Crippen molar-refractivity contribution >= 4 is 23.1 Å². The van der Waals surface area contributed by atoms with Gasteiger partial charge in [0.1, 0.15) is 5.75 Å². The number of hydrogen-bond donors (Lipinski definition) is 0. The van der Waals surface area contributed by atoms with E-state index < -0.39 is 0 Å². The summed E-state index contributed by atoms with van der Waals surface area (Å²) in [5, 5.41) is 0.287. The summed E-state index contributed by atoms with van der Waals surface area (Å²) >= 11 is 5.07. The Hall–Kier alpha value is -2.00. The first kappa shape index (κ1) is 12.5. The molecule has 0 radical (unpaired) electrons. The smallest absolute Gasteiger partial charge is 0.175 e. The van der Waals surface area contributed by atoms with E-state index >= 15 is 0 Å². The van der Waals surface area contributed by atoms with Crippen LogP contribution in [0.5, 0.6) is 5.75 Å². The minimum Gasteiger partial charge on any atom is -0.450 e. The highest BCUT2D eigenvalue weighted by atomic mass is 32.1. The highest BCUT2D eigenvalue weighted by Gasteiger charge is 2.09. The lowest BCUT2D eigenvalue weighted by molar-refractivity contribution is 0.0998. The molecular formula is C15H12O2S. The van der Waals surface area contributed by atoms with Crippen molar-refractivity contribution < 1.29 is 9.53 Å². The second-order valence-electron chi connectivity index (χ2n) is 3.75. The Bertz CT molecular complexity index is 535. The highest BCUT2D eigenvalue weighted by molar-refractivity contribution is 7.80. The maximum absolute atomic E-state index is 11.9. The van der Waals surface area contributed by atoms with Crippen molar-refractivity contribution in [3.63, 3.8) is 0 Å². The molecule has 0 aliphatic heterocycles. The molecular weight excluding hydrogens is 244 g/mol. The van der Waals surface area contributed by atoms with Gasteiger partial charge < -0.3 is 4.74 Å². The fraction of sp³-hybridized carbons (Fsp3) is 0.0667. The molecule has 0 unspecified atom stereocenters. The van der Waals surface area contributed by atoms with E-state index in [1.54, 1.807) is 24.3 Å². The number of para-hydroxylation sites is 1. The molecule has 2 aromatic rings. The number of Topliss-reactive ketones (excluding diaryl/α,β-unsaturated/α-hetero) is 1. The van der Waals surface area contributed by atoms with E-state index in [2.05, 4.69) is 0 Å². The largest absolute Gasteiger partial charge is 0.450 e. The molecule has 0 bridgehead atoms. The van der Waals surface area contributed by atoms with E-state index in [1.165, 1.54) is 0 Å². The predicted octanol–water partition coefficient (Wildman–Crippen LogP) is 3.67. The van der Waals surface area contributed by atoms with Gasteiger partial charge in [-0.15, -0.1) is 0 Å². The standard InChI is InChI=1S/C15H12O2S/c16-14(12-7-3-1-4-8-12)11-15(18)17-13-9-5-2-6-10-13/h1-10H,11H2. The first-order valence-electron chi connectivity index (χ1n) is 5.59. The minimum atomic E-state index is -0.0310. The van der Waals surface area contributed by atoms with E-state index in [-0.39, 0.29) is 17.3 Å². The van der Waals surface area contributed by atoms with Crippen LogP contribution in [-0.4, -0.2) is 10.8 Å². The third-order valence-corrected chi connectivity index (χ3v) is 2.60. The molecule has 2 aromatic carbocycles. The van der Waals surface area contributed by atoms with Gasteiger partial charge in [-0.1, -0.05) is 48.5 Å². The molecule has 0 aromatic heterocycles. The second kappa shape index (κ2) is 6.07. The topological polar surface area (TPSA) is 26.3 Å². The van der Waals surface area contributed by atoms with Crippen LogP contribution in [0.25, 0.3) is 0 Å². The van der Waals surface area contributed by atoms with E-state index in [1.807, 2.05) is 36.4 Å². The summed E-state index contributed by atoms with van der Waals surface area (Å²) in [7, 11) is 0. The van der Waals surface area contributed by atoms with Gasteiger partial charge in [-0.25, -0.2) is 0 Å². The molecule has 0 saturated heterocycles. The molecule has 0 N–H and O–H groups in total. The molecule has 0 spiro atoms. The molecule has 2 rings (SSSR count). The maximum Gasteiger partial charge on any atom is 0.175 e. The van der Waals surface area contributed by atoms with Crippen molar-refractivity contribution in [2.45, 2.75) is 6.42 Å². The molecule has 0 amide bonds. The molecule has 0 heterocycles. The summed E-state index contributed by atoms with van der Waals surface area (Å²) in [6.07, 6.45) is 0.119. The first-order valence-corrected chi connectivity index (χ1v) is 6.00. The van der Waals surface area contributed by atoms with Crippen LogP contribution in [0.4, 0.5) is 0 Å². The maximum atomic E-state index is 11.9. The molecule has 2 nitrogen and oxygen atoms in total. The Morgan fingerprint density at radius 1 is 0.944 bits per heavy atom. The van der Waals surface area contributed by atoms with E-state index in [4.69, 9.17) is 17.0 Å². The van der Waals surface area contributed by atoms with Gasteiger partial charge in [0.25, 0.3) is 0 Å². The summed E-state index contributed by atoms with van der Waals surface area (Å²) in [5.41, 5.74) is 0.650. The van der Waals surface area contributed by atoms with E-state index in [0.29, 0.717) is 11.3 Å². The van der Waals surface area contributed by atoms with Gasteiger partial charge in [0.2, 0.25) is 0 Å². The number of ketones is 1. The summed E-state index contributed by atoms with van der Waals surface area (Å²) in [6, 6.07) is 18.3. The second-order valence-corrected chi connectivity index (χ2v) is 4.21. The average molecular weight is 256 g/mol. The summed E-state index contributed by atoms with van der Waals surface area (Å²) < 4.78 is 5.42. The Balaban J connectivity index is 1.94. The van der Waals surface area contributed by atoms with Gasteiger partial charge in [-0.05, 0) is 24.4 Å². The number of ether oxygens (including phenoxy) is 1. The number of rotatable bonds is 4. The monoisotopic (exact) mass is 256 g/mol. The fourth-order valence-electron chi connectivity index (χ4n) is 1.51. The van der Waals surface area contributed by atoms with Gasteiger partial charge in [-0.2, -0.15) is 0 Å². The van der Waals surface area contributed by atoms with Crippen LogP contribution in [-0.2, 0) is 0 Å². The van der Waals surface area contributed by atoms with Crippen LogP contribution in [0.15, 0.2) is 60.7 Å². The van der Waals surface area contributed by atoms with Crippen molar-refractivity contribution in [3.05, 3.63) is 66.2 Å². The lowest BCUT2D eigenvalue weighted by atomic mass is 10.1. The Labute approximate surface area is 111 Å². The quantitative estimate of drug-likeness (QED) is 0.616. The Morgan fingerprint density at radius 2 is 1.50 bits per heavy atom. The third-order valence-electron chi connectivity index (χ3n) is 2.38. The number of carbonyl (C=O) groups excluding carboxylic acids is 1. The summed E-state index contributed by atoms with van der Waals surface area (Å²) in [4.78, 5) is 11.9. The molecule has 0 fully saturated rings. The molecule has 18 heavy (non-hydrogen) atoms. The molecule has 3 heteroatoms. The van der Waals surface area contributed by atoms with E-state index in [9.17, 15) is 4.79 Å².